The van der Waals surface area contributed by atoms with Gasteiger partial charge in [0.2, 0.25) is 0 Å². The maximum atomic E-state index is 11.8. The zero-order chi connectivity index (χ0) is 40.7. The van der Waals surface area contributed by atoms with Gasteiger partial charge in [-0.2, -0.15) is 0 Å². The number of rotatable bonds is 33. The minimum Gasteiger partial charge on any atom is -0.463 e. The molecule has 0 heterocycles. The van der Waals surface area contributed by atoms with Crippen LogP contribution >= 0.6 is 0 Å². The van der Waals surface area contributed by atoms with Crippen LogP contribution in [0, 0.1) is 0 Å². The molecule has 6 unspecified atom stereocenters. The number of carbonyl (C=O) groups excluding carboxylic acids is 2. The average Bonchev–Trinajstić information content (AvgIpc) is 3.10. The van der Waals surface area contributed by atoms with Gasteiger partial charge in [0.1, 0.15) is 25.4 Å². The van der Waals surface area contributed by atoms with Crippen molar-refractivity contribution in [3.05, 3.63) is 0 Å². The van der Waals surface area contributed by atoms with Crippen molar-refractivity contribution < 1.29 is 42.9 Å². The topological polar surface area (TPSA) is 169 Å². The summed E-state index contributed by atoms with van der Waals surface area (Å²) in [6.07, 6.45) is 5.22. The van der Waals surface area contributed by atoms with Gasteiger partial charge in [0.05, 0.1) is 26.1 Å². The van der Waals surface area contributed by atoms with E-state index in [1.165, 1.54) is 0 Å². The van der Waals surface area contributed by atoms with Crippen molar-refractivity contribution in [3.8, 4) is 0 Å². The van der Waals surface area contributed by atoms with Crippen LogP contribution in [0.5, 0.6) is 0 Å². The number of aliphatic hydroxyl groups excluding tert-OH is 2. The third-order valence-electron chi connectivity index (χ3n) is 9.01. The molecule has 0 aromatic rings. The quantitative estimate of drug-likeness (QED) is 0.0311. The minimum atomic E-state index is -1.66. The Bertz CT molecular complexity index is 893. The molecule has 0 aromatic carbocycles. The van der Waals surface area contributed by atoms with E-state index in [9.17, 15) is 19.8 Å². The van der Waals surface area contributed by atoms with Gasteiger partial charge in [-0.25, -0.2) is 0 Å². The Morgan fingerprint density at radius 3 is 1.43 bits per heavy atom. The molecule has 0 spiro atoms. The summed E-state index contributed by atoms with van der Waals surface area (Å²) in [6.45, 7) is 24.6. The van der Waals surface area contributed by atoms with E-state index in [1.54, 1.807) is 0 Å². The fourth-order valence-electron chi connectivity index (χ4n) is 5.01. The molecule has 318 valence electrons. The Morgan fingerprint density at radius 2 is 1.04 bits per heavy atom. The van der Waals surface area contributed by atoms with Crippen LogP contribution in [-0.4, -0.2) is 142 Å². The second kappa shape index (κ2) is 33.2. The van der Waals surface area contributed by atoms with Crippen molar-refractivity contribution >= 4 is 28.6 Å². The lowest BCUT2D eigenvalue weighted by Gasteiger charge is -2.33. The molecule has 13 nitrogen and oxygen atoms in total. The zero-order valence-electron chi connectivity index (χ0n) is 35.9. The van der Waals surface area contributed by atoms with Crippen LogP contribution in [0.1, 0.15) is 92.9 Å². The van der Waals surface area contributed by atoms with Crippen LogP contribution in [0.25, 0.3) is 0 Å². The smallest absolute Gasteiger partial charge is 0.307 e. The van der Waals surface area contributed by atoms with Crippen molar-refractivity contribution in [2.24, 2.45) is 0 Å². The molecule has 0 bridgehead atoms. The number of esters is 2. The van der Waals surface area contributed by atoms with Gasteiger partial charge >= 0.3 is 11.9 Å². The highest BCUT2D eigenvalue weighted by molar-refractivity contribution is 6.84. The number of ether oxygens (including phenoxy) is 4. The second-order valence-electron chi connectivity index (χ2n) is 15.6. The number of hydrogen-bond acceptors (Lipinski definition) is 13. The van der Waals surface area contributed by atoms with E-state index in [4.69, 9.17) is 23.1 Å². The summed E-state index contributed by atoms with van der Waals surface area (Å²) in [5.74, 6) is -0.590. The summed E-state index contributed by atoms with van der Waals surface area (Å²) < 4.78 is 27.4. The summed E-state index contributed by atoms with van der Waals surface area (Å²) in [7, 11) is 0.740. The van der Waals surface area contributed by atoms with Gasteiger partial charge in [-0.3, -0.25) is 9.59 Å². The predicted octanol–water partition coefficient (Wildman–Crippen LogP) is 4.57. The molecule has 0 aliphatic heterocycles. The van der Waals surface area contributed by atoms with E-state index in [1.807, 2.05) is 21.0 Å². The summed E-state index contributed by atoms with van der Waals surface area (Å²) in [5, 5.41) is 32.6. The summed E-state index contributed by atoms with van der Waals surface area (Å²) in [4.78, 5) is 23.4. The highest BCUT2D eigenvalue weighted by Crippen LogP contribution is 2.22. The molecule has 0 saturated carbocycles. The van der Waals surface area contributed by atoms with Crippen molar-refractivity contribution in [3.63, 3.8) is 0 Å². The standard InChI is InChI=1S/C22H50N2O5Si2.C16H34N2O4/c1-9-30(5,6)29-31(7,8)16-10-15-27-17-21(25)18-28-22(26)13-14-24-20(3)12-11-19(2)23-4;1-5-10-21-11-15(19)12-22-16(20)8-9-18-14(3)7-6-13(2)17-4/h19-21,23-25H,9-18H2,1-8H3;13-15,17-19H,5-12H2,1-4H3. The van der Waals surface area contributed by atoms with Crippen molar-refractivity contribution in [2.75, 3.05) is 66.8 Å². The Hall–Kier alpha value is -0.986. The molecule has 0 fully saturated rings. The molecule has 0 radical (unpaired) electrons. The number of aliphatic hydroxyl groups is 2. The second-order valence-corrected chi connectivity index (χ2v) is 24.7. The van der Waals surface area contributed by atoms with Crippen LogP contribution in [0.2, 0.25) is 38.3 Å². The average molecular weight is 797 g/mol. The van der Waals surface area contributed by atoms with Crippen molar-refractivity contribution in [1.82, 2.24) is 21.3 Å². The molecule has 15 heteroatoms. The van der Waals surface area contributed by atoms with E-state index in [-0.39, 0.29) is 38.4 Å². The van der Waals surface area contributed by atoms with Gasteiger partial charge in [-0.05, 0) is 119 Å². The predicted molar refractivity (Wildman–Crippen MR) is 221 cm³/mol. The zero-order valence-corrected chi connectivity index (χ0v) is 37.9. The minimum absolute atomic E-state index is 0.00220. The lowest BCUT2D eigenvalue weighted by molar-refractivity contribution is -0.148. The lowest BCUT2D eigenvalue weighted by atomic mass is 10.1. The molecule has 0 rings (SSSR count). The highest BCUT2D eigenvalue weighted by atomic mass is 28.4. The Balaban J connectivity index is 0. The molecule has 0 aromatic heterocycles. The van der Waals surface area contributed by atoms with Gasteiger partial charge in [0, 0.05) is 50.5 Å². The normalized spacial score (nSPS) is 15.4. The van der Waals surface area contributed by atoms with E-state index in [0.29, 0.717) is 63.3 Å². The van der Waals surface area contributed by atoms with Crippen LogP contribution in [0.3, 0.4) is 0 Å². The van der Waals surface area contributed by atoms with Crippen molar-refractivity contribution in [2.45, 2.75) is 168 Å². The van der Waals surface area contributed by atoms with Crippen LogP contribution in [0.15, 0.2) is 0 Å². The van der Waals surface area contributed by atoms with Gasteiger partial charge in [-0.15, -0.1) is 0 Å². The summed E-state index contributed by atoms with van der Waals surface area (Å²) in [5.41, 5.74) is 0. The fourth-order valence-corrected chi connectivity index (χ4v) is 13.0. The largest absolute Gasteiger partial charge is 0.463 e. The molecule has 6 N–H and O–H groups in total. The van der Waals surface area contributed by atoms with E-state index in [2.05, 4.69) is 82.1 Å². The van der Waals surface area contributed by atoms with Gasteiger partial charge < -0.3 is 54.5 Å². The van der Waals surface area contributed by atoms with Crippen LogP contribution in [-0.2, 0) is 32.7 Å². The summed E-state index contributed by atoms with van der Waals surface area (Å²) in [6, 6.07) is 3.91. The van der Waals surface area contributed by atoms with Gasteiger partial charge in [-0.1, -0.05) is 13.8 Å². The molecular weight excluding hydrogens is 713 g/mol. The van der Waals surface area contributed by atoms with Crippen LogP contribution < -0.4 is 21.3 Å². The molecule has 6 atom stereocenters. The van der Waals surface area contributed by atoms with Gasteiger partial charge in [0.25, 0.3) is 0 Å². The number of nitrogens with one attached hydrogen (secondary N) is 4. The molecule has 53 heavy (non-hydrogen) atoms. The Morgan fingerprint density at radius 1 is 0.623 bits per heavy atom. The van der Waals surface area contributed by atoms with E-state index in [0.717, 1.165) is 50.6 Å². The molecule has 0 aliphatic rings. The summed E-state index contributed by atoms with van der Waals surface area (Å²) >= 11 is 0. The van der Waals surface area contributed by atoms with Crippen molar-refractivity contribution in [1.29, 1.82) is 0 Å². The lowest BCUT2D eigenvalue weighted by Crippen LogP contribution is -2.43. The fraction of sp³-hybridized carbons (Fsp3) is 0.947. The molecule has 0 saturated heterocycles. The maximum Gasteiger partial charge on any atom is 0.307 e. The monoisotopic (exact) mass is 797 g/mol. The molecular formula is C38H84N4O9Si2. The highest BCUT2D eigenvalue weighted by Gasteiger charge is 2.31. The molecule has 0 amide bonds. The van der Waals surface area contributed by atoms with E-state index >= 15 is 0 Å². The Labute approximate surface area is 326 Å². The third-order valence-corrected chi connectivity index (χ3v) is 16.7. The first-order valence-corrected chi connectivity index (χ1v) is 26.5. The first kappa shape index (κ1) is 54.1. The first-order valence-electron chi connectivity index (χ1n) is 20.2. The Kier molecular flexibility index (Phi) is 33.9. The third kappa shape index (κ3) is 36.4. The SMILES string of the molecule is CCCOCC(O)COC(=O)CCNC(C)CCC(C)NC.CC[Si](C)(C)O[Si](C)(C)CCCOCC(O)COC(=O)CCNC(C)CCC(C)NC. The number of carbonyl (C=O) groups is 2. The number of hydrogen-bond donors (Lipinski definition) is 6. The van der Waals surface area contributed by atoms with E-state index < -0.39 is 28.8 Å². The first-order chi connectivity index (χ1) is 24.9. The molecule has 0 aliphatic carbocycles. The van der Waals surface area contributed by atoms with Gasteiger partial charge in [0.15, 0.2) is 16.6 Å². The van der Waals surface area contributed by atoms with Crippen LogP contribution in [0.4, 0.5) is 0 Å². The maximum absolute atomic E-state index is 11.8.